The second-order valence-corrected chi connectivity index (χ2v) is 5.63. The van der Waals surface area contributed by atoms with E-state index in [1.165, 1.54) is 10.5 Å². The summed E-state index contributed by atoms with van der Waals surface area (Å²) >= 11 is 1.69. The van der Waals surface area contributed by atoms with Crippen molar-refractivity contribution >= 4 is 17.5 Å². The molecule has 2 heteroatoms. The van der Waals surface area contributed by atoms with Crippen LogP contribution in [0, 0.1) is 11.8 Å². The van der Waals surface area contributed by atoms with Gasteiger partial charge in [0, 0.05) is 16.0 Å². The third-order valence-electron chi connectivity index (χ3n) is 3.17. The molecule has 0 spiro atoms. The Balaban J connectivity index is 2.08. The molecule has 0 radical (unpaired) electrons. The lowest BCUT2D eigenvalue weighted by Gasteiger charge is -1.99. The lowest BCUT2D eigenvalue weighted by atomic mass is 10.1. The lowest BCUT2D eigenvalue weighted by molar-refractivity contribution is 0.105. The van der Waals surface area contributed by atoms with Gasteiger partial charge in [-0.25, -0.2) is 0 Å². The normalized spacial score (nSPS) is 9.81. The van der Waals surface area contributed by atoms with Crippen molar-refractivity contribution < 1.29 is 4.79 Å². The van der Waals surface area contributed by atoms with Crippen molar-refractivity contribution in [3.8, 4) is 11.8 Å². The Kier molecular flexibility index (Phi) is 5.66. The van der Waals surface area contributed by atoms with E-state index >= 15 is 0 Å². The van der Waals surface area contributed by atoms with Crippen molar-refractivity contribution in [2.45, 2.75) is 24.7 Å². The molecule has 0 aliphatic rings. The van der Waals surface area contributed by atoms with E-state index in [9.17, 15) is 4.79 Å². The van der Waals surface area contributed by atoms with E-state index in [0.29, 0.717) is 5.56 Å². The summed E-state index contributed by atoms with van der Waals surface area (Å²) in [4.78, 5) is 13.2. The fourth-order valence-corrected chi connectivity index (χ4v) is 2.40. The van der Waals surface area contributed by atoms with Crippen LogP contribution >= 0.6 is 11.8 Å². The largest absolute Gasteiger partial charge is 0.279 e. The number of carbonyl (C=O) groups is 1. The van der Waals surface area contributed by atoms with Crippen LogP contribution < -0.4 is 0 Å². The van der Waals surface area contributed by atoms with E-state index in [-0.39, 0.29) is 5.78 Å². The summed E-state index contributed by atoms with van der Waals surface area (Å²) in [5, 5.41) is 0. The van der Waals surface area contributed by atoms with Gasteiger partial charge in [-0.05, 0) is 48.4 Å². The highest BCUT2D eigenvalue weighted by Crippen LogP contribution is 2.14. The Bertz CT molecular complexity index is 657. The fourth-order valence-electron chi connectivity index (χ4n) is 1.99. The molecule has 0 saturated carbocycles. The quantitative estimate of drug-likeness (QED) is 0.466. The zero-order chi connectivity index (χ0) is 15.1. The molecule has 0 aliphatic carbocycles. The monoisotopic (exact) mass is 294 g/mol. The molecule has 21 heavy (non-hydrogen) atoms. The molecule has 0 fully saturated rings. The lowest BCUT2D eigenvalue weighted by Crippen LogP contribution is -1.95. The summed E-state index contributed by atoms with van der Waals surface area (Å²) in [6, 6.07) is 15.6. The molecule has 0 aromatic heterocycles. The summed E-state index contributed by atoms with van der Waals surface area (Å²) < 4.78 is 0. The van der Waals surface area contributed by atoms with Crippen LogP contribution in [0.5, 0.6) is 0 Å². The highest BCUT2D eigenvalue weighted by Gasteiger charge is 2.01. The Morgan fingerprint density at radius 2 is 1.71 bits per heavy atom. The minimum Gasteiger partial charge on any atom is -0.279 e. The molecule has 0 amide bonds. The highest BCUT2D eigenvalue weighted by molar-refractivity contribution is 7.98. The summed E-state index contributed by atoms with van der Waals surface area (Å²) in [5.41, 5.74) is 2.78. The standard InChI is InChI=1S/C19H18OS/c1-3-4-15-5-10-17(11-6-15)19(20)14-9-16-7-12-18(21-2)13-8-16/h5-8,10-13H,3-4H2,1-2H3. The zero-order valence-electron chi connectivity index (χ0n) is 12.3. The Morgan fingerprint density at radius 3 is 2.29 bits per heavy atom. The van der Waals surface area contributed by atoms with Crippen LogP contribution in [0.15, 0.2) is 53.4 Å². The predicted molar refractivity (Wildman–Crippen MR) is 89.9 cm³/mol. The van der Waals surface area contributed by atoms with Crippen LogP contribution in [0.25, 0.3) is 0 Å². The van der Waals surface area contributed by atoms with E-state index in [1.807, 2.05) is 54.8 Å². The van der Waals surface area contributed by atoms with Gasteiger partial charge < -0.3 is 0 Å². The van der Waals surface area contributed by atoms with E-state index < -0.39 is 0 Å². The van der Waals surface area contributed by atoms with Crippen molar-refractivity contribution in [3.05, 3.63) is 65.2 Å². The van der Waals surface area contributed by atoms with Gasteiger partial charge in [0.15, 0.2) is 0 Å². The number of carbonyl (C=O) groups excluding carboxylic acids is 1. The van der Waals surface area contributed by atoms with Crippen LogP contribution in [-0.2, 0) is 6.42 Å². The molecule has 0 bridgehead atoms. The minimum absolute atomic E-state index is 0.132. The molecule has 0 unspecified atom stereocenters. The summed E-state index contributed by atoms with van der Waals surface area (Å²) in [7, 11) is 0. The number of rotatable bonds is 4. The van der Waals surface area contributed by atoms with Gasteiger partial charge in [0.2, 0.25) is 5.78 Å². The first kappa shape index (κ1) is 15.4. The van der Waals surface area contributed by atoms with Crippen molar-refractivity contribution in [1.82, 2.24) is 0 Å². The molecule has 0 aliphatic heterocycles. The van der Waals surface area contributed by atoms with Crippen molar-refractivity contribution in [3.63, 3.8) is 0 Å². The molecular formula is C19H18OS. The number of hydrogen-bond donors (Lipinski definition) is 0. The van der Waals surface area contributed by atoms with E-state index in [1.54, 1.807) is 11.8 Å². The van der Waals surface area contributed by atoms with Crippen LogP contribution in [0.4, 0.5) is 0 Å². The molecular weight excluding hydrogens is 276 g/mol. The van der Waals surface area contributed by atoms with Gasteiger partial charge in [0.25, 0.3) is 0 Å². The number of benzene rings is 2. The fraction of sp³-hybridized carbons (Fsp3) is 0.211. The van der Waals surface area contributed by atoms with Gasteiger partial charge in [-0.1, -0.05) is 43.5 Å². The molecule has 0 heterocycles. The first-order valence-corrected chi connectivity index (χ1v) is 8.24. The SMILES string of the molecule is CCCc1ccc(C(=O)C#Cc2ccc(SC)cc2)cc1. The average molecular weight is 294 g/mol. The summed E-state index contributed by atoms with van der Waals surface area (Å²) in [6.45, 7) is 2.15. The maximum Gasteiger partial charge on any atom is 0.236 e. The van der Waals surface area contributed by atoms with Gasteiger partial charge in [0.1, 0.15) is 0 Å². The zero-order valence-corrected chi connectivity index (χ0v) is 13.2. The highest BCUT2D eigenvalue weighted by atomic mass is 32.2. The van der Waals surface area contributed by atoms with Crippen LogP contribution in [0.2, 0.25) is 0 Å². The Hall–Kier alpha value is -1.98. The third-order valence-corrected chi connectivity index (χ3v) is 3.91. The molecule has 1 nitrogen and oxygen atoms in total. The van der Waals surface area contributed by atoms with E-state index in [2.05, 4.69) is 18.8 Å². The maximum absolute atomic E-state index is 12.0. The number of hydrogen-bond acceptors (Lipinski definition) is 2. The van der Waals surface area contributed by atoms with Crippen molar-refractivity contribution in [2.24, 2.45) is 0 Å². The third kappa shape index (κ3) is 4.51. The molecule has 2 aromatic rings. The summed E-state index contributed by atoms with van der Waals surface area (Å²) in [5.74, 6) is 5.50. The molecule has 0 saturated heterocycles. The van der Waals surface area contributed by atoms with Crippen LogP contribution in [0.3, 0.4) is 0 Å². The number of Topliss-reactive ketones (excluding diaryl/α,β-unsaturated/α-hetero) is 1. The molecule has 2 aromatic carbocycles. The molecule has 106 valence electrons. The first-order valence-electron chi connectivity index (χ1n) is 7.02. The number of thioether (sulfide) groups is 1. The Morgan fingerprint density at radius 1 is 1.05 bits per heavy atom. The maximum atomic E-state index is 12.0. The van der Waals surface area contributed by atoms with Crippen LogP contribution in [0.1, 0.15) is 34.8 Å². The van der Waals surface area contributed by atoms with E-state index in [4.69, 9.17) is 0 Å². The van der Waals surface area contributed by atoms with Gasteiger partial charge in [-0.15, -0.1) is 11.8 Å². The van der Waals surface area contributed by atoms with Crippen molar-refractivity contribution in [2.75, 3.05) is 6.26 Å². The second-order valence-electron chi connectivity index (χ2n) is 4.75. The van der Waals surface area contributed by atoms with E-state index in [0.717, 1.165) is 18.4 Å². The molecule has 0 atom stereocenters. The molecule has 2 rings (SSSR count). The smallest absolute Gasteiger partial charge is 0.236 e. The van der Waals surface area contributed by atoms with Gasteiger partial charge >= 0.3 is 0 Å². The van der Waals surface area contributed by atoms with Gasteiger partial charge in [-0.2, -0.15) is 0 Å². The summed E-state index contributed by atoms with van der Waals surface area (Å²) in [6.07, 6.45) is 4.19. The van der Waals surface area contributed by atoms with Gasteiger partial charge in [0.05, 0.1) is 0 Å². The Labute approximate surface area is 130 Å². The number of aryl methyl sites for hydroxylation is 1. The average Bonchev–Trinajstić information content (AvgIpc) is 2.54. The van der Waals surface area contributed by atoms with Crippen molar-refractivity contribution in [1.29, 1.82) is 0 Å². The minimum atomic E-state index is -0.132. The molecule has 0 N–H and O–H groups in total. The van der Waals surface area contributed by atoms with Gasteiger partial charge in [-0.3, -0.25) is 4.79 Å². The topological polar surface area (TPSA) is 17.1 Å². The predicted octanol–water partition coefficient (Wildman–Crippen LogP) is 4.60. The first-order chi connectivity index (χ1) is 10.2. The number of ketones is 1. The van der Waals surface area contributed by atoms with Crippen LogP contribution in [-0.4, -0.2) is 12.0 Å². The second kappa shape index (κ2) is 7.71.